The first-order chi connectivity index (χ1) is 9.93. The Bertz CT molecular complexity index is 574. The van der Waals surface area contributed by atoms with Crippen LogP contribution in [0.25, 0.3) is 0 Å². The van der Waals surface area contributed by atoms with Gasteiger partial charge >= 0.3 is 0 Å². The highest BCUT2D eigenvalue weighted by Crippen LogP contribution is 2.24. The molecule has 0 aromatic heterocycles. The summed E-state index contributed by atoms with van der Waals surface area (Å²) in [7, 11) is 1.43. The van der Waals surface area contributed by atoms with Crippen LogP contribution in [0, 0.1) is 12.7 Å². The lowest BCUT2D eigenvalue weighted by Crippen LogP contribution is -2.61. The third kappa shape index (κ3) is 3.33. The van der Waals surface area contributed by atoms with E-state index >= 15 is 0 Å². The number of nitrogens with one attached hydrogen (secondary N) is 1. The Morgan fingerprint density at radius 1 is 1.48 bits per heavy atom. The SMILES string of the molecule is COCC(=O)NC1CN(C(=O)c2ccc(C)c(Cl)c2F)C1. The molecular weight excluding hydrogens is 299 g/mol. The van der Waals surface area contributed by atoms with Gasteiger partial charge < -0.3 is 15.0 Å². The number of nitrogens with zero attached hydrogens (tertiary/aromatic N) is 1. The molecule has 7 heteroatoms. The fourth-order valence-electron chi connectivity index (χ4n) is 2.12. The summed E-state index contributed by atoms with van der Waals surface area (Å²) in [4.78, 5) is 24.9. The standard InChI is InChI=1S/C14H16ClFN2O3/c1-8-3-4-10(13(16)12(8)15)14(20)18-5-9(6-18)17-11(19)7-21-2/h3-4,9H,5-7H2,1-2H3,(H,17,19). The molecule has 1 aliphatic heterocycles. The molecule has 0 bridgehead atoms. The van der Waals surface area contributed by atoms with Crippen LogP contribution in [0.5, 0.6) is 0 Å². The summed E-state index contributed by atoms with van der Waals surface area (Å²) in [6, 6.07) is 2.91. The number of carbonyl (C=O) groups is 2. The average Bonchev–Trinajstić information content (AvgIpc) is 2.39. The normalized spacial score (nSPS) is 14.8. The maximum Gasteiger partial charge on any atom is 0.257 e. The molecule has 1 aromatic rings. The van der Waals surface area contributed by atoms with Gasteiger partial charge in [-0.1, -0.05) is 17.7 Å². The van der Waals surface area contributed by atoms with Gasteiger partial charge in [0.05, 0.1) is 16.6 Å². The predicted molar refractivity (Wildman–Crippen MR) is 75.9 cm³/mol. The number of hydrogen-bond donors (Lipinski definition) is 1. The summed E-state index contributed by atoms with van der Waals surface area (Å²) in [5.74, 6) is -1.36. The zero-order valence-corrected chi connectivity index (χ0v) is 12.5. The first-order valence-electron chi connectivity index (χ1n) is 6.46. The molecule has 0 aliphatic carbocycles. The lowest BCUT2D eigenvalue weighted by molar-refractivity contribution is -0.126. The van der Waals surface area contributed by atoms with Crippen LogP contribution < -0.4 is 5.32 Å². The van der Waals surface area contributed by atoms with Crippen LogP contribution >= 0.6 is 11.6 Å². The van der Waals surface area contributed by atoms with Gasteiger partial charge in [-0.15, -0.1) is 0 Å². The number of amides is 2. The van der Waals surface area contributed by atoms with E-state index in [1.165, 1.54) is 18.1 Å². The fraction of sp³-hybridized carbons (Fsp3) is 0.429. The van der Waals surface area contributed by atoms with Gasteiger partial charge in [0.15, 0.2) is 5.82 Å². The summed E-state index contributed by atoms with van der Waals surface area (Å²) < 4.78 is 18.7. The van der Waals surface area contributed by atoms with E-state index < -0.39 is 11.7 Å². The molecule has 21 heavy (non-hydrogen) atoms. The Morgan fingerprint density at radius 3 is 2.76 bits per heavy atom. The van der Waals surface area contributed by atoms with Crippen molar-refractivity contribution in [3.05, 3.63) is 34.1 Å². The minimum absolute atomic E-state index is 0.0212. The monoisotopic (exact) mass is 314 g/mol. The van der Waals surface area contributed by atoms with Gasteiger partial charge in [0, 0.05) is 20.2 Å². The first kappa shape index (κ1) is 15.7. The first-order valence-corrected chi connectivity index (χ1v) is 6.84. The average molecular weight is 315 g/mol. The van der Waals surface area contributed by atoms with E-state index in [9.17, 15) is 14.0 Å². The topological polar surface area (TPSA) is 58.6 Å². The fourth-order valence-corrected chi connectivity index (χ4v) is 2.28. The number of methoxy groups -OCH3 is 1. The van der Waals surface area contributed by atoms with Gasteiger partial charge in [0.25, 0.3) is 5.91 Å². The number of rotatable bonds is 4. The highest BCUT2D eigenvalue weighted by Gasteiger charge is 2.33. The Hall–Kier alpha value is -1.66. The molecule has 0 saturated carbocycles. The van der Waals surface area contributed by atoms with Crippen molar-refractivity contribution in [2.24, 2.45) is 0 Å². The lowest BCUT2D eigenvalue weighted by Gasteiger charge is -2.39. The second-order valence-electron chi connectivity index (χ2n) is 4.97. The summed E-state index contributed by atoms with van der Waals surface area (Å²) in [6.45, 7) is 2.34. The molecule has 1 saturated heterocycles. The Kier molecular flexibility index (Phi) is 4.80. The zero-order valence-electron chi connectivity index (χ0n) is 11.8. The number of likely N-dealkylation sites (tertiary alicyclic amines) is 1. The smallest absolute Gasteiger partial charge is 0.257 e. The molecule has 2 rings (SSSR count). The maximum atomic E-state index is 14.0. The third-order valence-corrected chi connectivity index (χ3v) is 3.78. The molecule has 0 radical (unpaired) electrons. The molecule has 1 heterocycles. The van der Waals surface area contributed by atoms with E-state index in [1.54, 1.807) is 13.0 Å². The van der Waals surface area contributed by atoms with Gasteiger partial charge in [-0.3, -0.25) is 9.59 Å². The van der Waals surface area contributed by atoms with Gasteiger partial charge in [0.1, 0.15) is 6.61 Å². The number of aryl methyl sites for hydroxylation is 1. The van der Waals surface area contributed by atoms with Crippen molar-refractivity contribution < 1.29 is 18.7 Å². The van der Waals surface area contributed by atoms with E-state index in [-0.39, 0.29) is 29.1 Å². The molecule has 5 nitrogen and oxygen atoms in total. The van der Waals surface area contributed by atoms with Crippen LogP contribution in [-0.4, -0.2) is 49.6 Å². The molecule has 2 amide bonds. The Labute approximate surface area is 127 Å². The predicted octanol–water partition coefficient (Wildman–Crippen LogP) is 1.37. The van der Waals surface area contributed by atoms with Crippen molar-refractivity contribution in [2.45, 2.75) is 13.0 Å². The zero-order chi connectivity index (χ0) is 15.6. The van der Waals surface area contributed by atoms with Crippen LogP contribution in [0.4, 0.5) is 4.39 Å². The van der Waals surface area contributed by atoms with Crippen LogP contribution in [0.15, 0.2) is 12.1 Å². The van der Waals surface area contributed by atoms with Gasteiger partial charge in [-0.2, -0.15) is 0 Å². The Morgan fingerprint density at radius 2 is 2.14 bits per heavy atom. The van der Waals surface area contributed by atoms with E-state index in [1.807, 2.05) is 0 Å². The number of hydrogen-bond acceptors (Lipinski definition) is 3. The maximum absolute atomic E-state index is 14.0. The van der Waals surface area contributed by atoms with Crippen molar-refractivity contribution in [3.63, 3.8) is 0 Å². The second kappa shape index (κ2) is 6.41. The Balaban J connectivity index is 1.95. The van der Waals surface area contributed by atoms with Gasteiger partial charge in [-0.25, -0.2) is 4.39 Å². The molecule has 1 N–H and O–H groups in total. The number of benzene rings is 1. The number of halogens is 2. The van der Waals surface area contributed by atoms with E-state index in [2.05, 4.69) is 5.32 Å². The van der Waals surface area contributed by atoms with Crippen molar-refractivity contribution in [3.8, 4) is 0 Å². The van der Waals surface area contributed by atoms with Crippen LogP contribution in [-0.2, 0) is 9.53 Å². The molecule has 1 aromatic carbocycles. The molecule has 114 valence electrons. The minimum Gasteiger partial charge on any atom is -0.375 e. The van der Waals surface area contributed by atoms with Gasteiger partial charge in [0.2, 0.25) is 5.91 Å². The summed E-state index contributed by atoms with van der Waals surface area (Å²) in [6.07, 6.45) is 0. The molecule has 0 spiro atoms. The van der Waals surface area contributed by atoms with Crippen LogP contribution in [0.1, 0.15) is 15.9 Å². The van der Waals surface area contributed by atoms with Crippen LogP contribution in [0.3, 0.4) is 0 Å². The quantitative estimate of drug-likeness (QED) is 0.913. The van der Waals surface area contributed by atoms with Crippen molar-refractivity contribution in [1.29, 1.82) is 0 Å². The van der Waals surface area contributed by atoms with Crippen molar-refractivity contribution in [2.75, 3.05) is 26.8 Å². The van der Waals surface area contributed by atoms with E-state index in [4.69, 9.17) is 16.3 Å². The largest absolute Gasteiger partial charge is 0.375 e. The van der Waals surface area contributed by atoms with Gasteiger partial charge in [-0.05, 0) is 18.6 Å². The molecule has 1 fully saturated rings. The molecule has 1 aliphatic rings. The third-order valence-electron chi connectivity index (χ3n) is 3.32. The summed E-state index contributed by atoms with van der Waals surface area (Å²) in [5, 5.41) is 2.68. The van der Waals surface area contributed by atoms with E-state index in [0.29, 0.717) is 18.7 Å². The number of ether oxygens (including phenoxy) is 1. The second-order valence-corrected chi connectivity index (χ2v) is 5.34. The molecule has 0 unspecified atom stereocenters. The molecule has 0 atom stereocenters. The van der Waals surface area contributed by atoms with Crippen LogP contribution in [0.2, 0.25) is 5.02 Å². The van der Waals surface area contributed by atoms with E-state index in [0.717, 1.165) is 0 Å². The highest BCUT2D eigenvalue weighted by molar-refractivity contribution is 6.31. The highest BCUT2D eigenvalue weighted by atomic mass is 35.5. The minimum atomic E-state index is -0.700. The van der Waals surface area contributed by atoms with Crippen molar-refractivity contribution >= 4 is 23.4 Å². The summed E-state index contributed by atoms with van der Waals surface area (Å²) >= 11 is 5.81. The summed E-state index contributed by atoms with van der Waals surface area (Å²) in [5.41, 5.74) is 0.534. The lowest BCUT2D eigenvalue weighted by atomic mass is 10.0. The molecular formula is C14H16ClFN2O3. The van der Waals surface area contributed by atoms with Crippen molar-refractivity contribution in [1.82, 2.24) is 10.2 Å². The number of carbonyl (C=O) groups excluding carboxylic acids is 2.